The van der Waals surface area contributed by atoms with Crippen LogP contribution in [0.4, 0.5) is 8.78 Å². The van der Waals surface area contributed by atoms with E-state index >= 15 is 0 Å². The second-order valence-corrected chi connectivity index (χ2v) is 4.32. The topological polar surface area (TPSA) is 55.1 Å². The Kier molecular flexibility index (Phi) is 4.42. The van der Waals surface area contributed by atoms with E-state index in [-0.39, 0.29) is 18.0 Å². The minimum absolute atomic E-state index is 0.0741. The quantitative estimate of drug-likeness (QED) is 0.900. The Morgan fingerprint density at radius 3 is 2.70 bits per heavy atom. The van der Waals surface area contributed by atoms with Crippen molar-refractivity contribution in [2.45, 2.75) is 13.1 Å². The Bertz CT molecular complexity index is 629. The van der Waals surface area contributed by atoms with Gasteiger partial charge in [0.15, 0.2) is 0 Å². The number of amides is 1. The number of nitrogens with two attached hydrogens (primary N) is 1. The summed E-state index contributed by atoms with van der Waals surface area (Å²) in [7, 11) is 0. The average molecular weight is 276 g/mol. The first-order valence-electron chi connectivity index (χ1n) is 6.11. The largest absolute Gasteiger partial charge is 0.348 e. The van der Waals surface area contributed by atoms with Gasteiger partial charge in [0, 0.05) is 24.2 Å². The lowest BCUT2D eigenvalue weighted by atomic mass is 10.1. The molecule has 0 aliphatic heterocycles. The molecule has 0 heterocycles. The van der Waals surface area contributed by atoms with Gasteiger partial charge in [-0.1, -0.05) is 12.1 Å². The van der Waals surface area contributed by atoms with Gasteiger partial charge in [-0.3, -0.25) is 4.79 Å². The van der Waals surface area contributed by atoms with E-state index in [4.69, 9.17) is 5.73 Å². The molecule has 0 unspecified atom stereocenters. The van der Waals surface area contributed by atoms with E-state index in [1.165, 1.54) is 0 Å². The fourth-order valence-electron chi connectivity index (χ4n) is 1.80. The molecule has 20 heavy (non-hydrogen) atoms. The number of hydrogen-bond acceptors (Lipinski definition) is 2. The zero-order chi connectivity index (χ0) is 14.5. The molecular weight excluding hydrogens is 262 g/mol. The van der Waals surface area contributed by atoms with Crippen LogP contribution < -0.4 is 11.1 Å². The highest BCUT2D eigenvalue weighted by Crippen LogP contribution is 2.10. The molecule has 3 nitrogen and oxygen atoms in total. The summed E-state index contributed by atoms with van der Waals surface area (Å²) >= 11 is 0. The maximum absolute atomic E-state index is 13.4. The summed E-state index contributed by atoms with van der Waals surface area (Å²) in [5.41, 5.74) is 6.87. The van der Waals surface area contributed by atoms with Crippen molar-refractivity contribution in [1.29, 1.82) is 0 Å². The second kappa shape index (κ2) is 6.25. The van der Waals surface area contributed by atoms with Crippen molar-refractivity contribution in [2.75, 3.05) is 0 Å². The van der Waals surface area contributed by atoms with Gasteiger partial charge in [0.1, 0.15) is 11.6 Å². The molecule has 0 fully saturated rings. The molecule has 2 aromatic carbocycles. The van der Waals surface area contributed by atoms with Gasteiger partial charge in [0.05, 0.1) is 0 Å². The normalized spacial score (nSPS) is 10.3. The standard InChI is InChI=1S/C15H14F2N2O/c16-13-4-5-14(17)12(7-13)9-19-15(20)11-3-1-2-10(6-11)8-18/h1-7H,8-9,18H2,(H,19,20). The smallest absolute Gasteiger partial charge is 0.251 e. The van der Waals surface area contributed by atoms with Crippen LogP contribution in [-0.4, -0.2) is 5.91 Å². The third kappa shape index (κ3) is 3.39. The molecule has 0 bridgehead atoms. The van der Waals surface area contributed by atoms with E-state index < -0.39 is 11.6 Å². The van der Waals surface area contributed by atoms with Crippen LogP contribution in [0.5, 0.6) is 0 Å². The number of nitrogens with one attached hydrogen (secondary N) is 1. The lowest BCUT2D eigenvalue weighted by Crippen LogP contribution is -2.23. The predicted molar refractivity (Wildman–Crippen MR) is 71.9 cm³/mol. The second-order valence-electron chi connectivity index (χ2n) is 4.32. The van der Waals surface area contributed by atoms with Crippen LogP contribution in [0.2, 0.25) is 0 Å². The molecule has 0 aliphatic carbocycles. The van der Waals surface area contributed by atoms with Gasteiger partial charge in [-0.2, -0.15) is 0 Å². The fraction of sp³-hybridized carbons (Fsp3) is 0.133. The molecule has 104 valence electrons. The summed E-state index contributed by atoms with van der Waals surface area (Å²) in [6.07, 6.45) is 0. The van der Waals surface area contributed by atoms with E-state index in [1.54, 1.807) is 18.2 Å². The van der Waals surface area contributed by atoms with Crippen molar-refractivity contribution >= 4 is 5.91 Å². The van der Waals surface area contributed by atoms with Crippen molar-refractivity contribution in [3.63, 3.8) is 0 Å². The number of carbonyl (C=O) groups excluding carboxylic acids is 1. The first-order chi connectivity index (χ1) is 9.60. The van der Waals surface area contributed by atoms with Crippen LogP contribution in [0.25, 0.3) is 0 Å². The van der Waals surface area contributed by atoms with Gasteiger partial charge >= 0.3 is 0 Å². The van der Waals surface area contributed by atoms with Gasteiger partial charge in [-0.15, -0.1) is 0 Å². The molecule has 3 N–H and O–H groups in total. The minimum Gasteiger partial charge on any atom is -0.348 e. The molecule has 0 atom stereocenters. The van der Waals surface area contributed by atoms with Crippen molar-refractivity contribution in [3.05, 3.63) is 70.8 Å². The van der Waals surface area contributed by atoms with Gasteiger partial charge in [-0.25, -0.2) is 8.78 Å². The van der Waals surface area contributed by atoms with Crippen molar-refractivity contribution in [3.8, 4) is 0 Å². The summed E-state index contributed by atoms with van der Waals surface area (Å²) in [5, 5.41) is 2.55. The Morgan fingerprint density at radius 2 is 1.95 bits per heavy atom. The molecule has 2 aromatic rings. The zero-order valence-electron chi connectivity index (χ0n) is 10.7. The number of hydrogen-bond donors (Lipinski definition) is 2. The van der Waals surface area contributed by atoms with Gasteiger partial charge in [0.25, 0.3) is 5.91 Å². The first kappa shape index (κ1) is 14.1. The molecular formula is C15H14F2N2O. The molecule has 0 aromatic heterocycles. The molecule has 0 radical (unpaired) electrons. The highest BCUT2D eigenvalue weighted by molar-refractivity contribution is 5.94. The van der Waals surface area contributed by atoms with Crippen LogP contribution >= 0.6 is 0 Å². The third-order valence-corrected chi connectivity index (χ3v) is 2.87. The van der Waals surface area contributed by atoms with Gasteiger partial charge < -0.3 is 11.1 Å². The Balaban J connectivity index is 2.06. The van der Waals surface area contributed by atoms with E-state index in [9.17, 15) is 13.6 Å². The highest BCUT2D eigenvalue weighted by Gasteiger charge is 2.08. The van der Waals surface area contributed by atoms with Crippen LogP contribution in [0, 0.1) is 11.6 Å². The minimum atomic E-state index is -0.553. The monoisotopic (exact) mass is 276 g/mol. The van der Waals surface area contributed by atoms with Gasteiger partial charge in [0.2, 0.25) is 0 Å². The Labute approximate surface area is 115 Å². The fourth-order valence-corrected chi connectivity index (χ4v) is 1.80. The molecule has 0 spiro atoms. The Morgan fingerprint density at radius 1 is 1.15 bits per heavy atom. The van der Waals surface area contributed by atoms with Crippen LogP contribution in [-0.2, 0) is 13.1 Å². The summed E-state index contributed by atoms with van der Waals surface area (Å²) in [6, 6.07) is 9.96. The number of carbonyl (C=O) groups is 1. The van der Waals surface area contributed by atoms with Crippen molar-refractivity contribution in [2.24, 2.45) is 5.73 Å². The van der Waals surface area contributed by atoms with Crippen molar-refractivity contribution in [1.82, 2.24) is 5.32 Å². The van der Waals surface area contributed by atoms with E-state index in [0.29, 0.717) is 12.1 Å². The molecule has 0 saturated carbocycles. The zero-order valence-corrected chi connectivity index (χ0v) is 10.7. The SMILES string of the molecule is NCc1cccc(C(=O)NCc2cc(F)ccc2F)c1. The number of benzene rings is 2. The van der Waals surface area contributed by atoms with Crippen LogP contribution in [0.15, 0.2) is 42.5 Å². The Hall–Kier alpha value is -2.27. The molecule has 0 aliphatic rings. The average Bonchev–Trinajstić information content (AvgIpc) is 2.48. The molecule has 1 amide bonds. The number of rotatable bonds is 4. The lowest BCUT2D eigenvalue weighted by molar-refractivity contribution is 0.0950. The predicted octanol–water partition coefficient (Wildman–Crippen LogP) is 2.35. The van der Waals surface area contributed by atoms with Crippen molar-refractivity contribution < 1.29 is 13.6 Å². The molecule has 2 rings (SSSR count). The van der Waals surface area contributed by atoms with Gasteiger partial charge in [-0.05, 0) is 35.9 Å². The summed E-state index contributed by atoms with van der Waals surface area (Å²) < 4.78 is 26.4. The first-order valence-corrected chi connectivity index (χ1v) is 6.11. The molecule has 0 saturated heterocycles. The third-order valence-electron chi connectivity index (χ3n) is 2.87. The summed E-state index contributed by atoms with van der Waals surface area (Å²) in [5.74, 6) is -1.45. The van der Waals surface area contributed by atoms with E-state index in [1.807, 2.05) is 6.07 Å². The lowest BCUT2D eigenvalue weighted by Gasteiger charge is -2.07. The van der Waals surface area contributed by atoms with E-state index in [0.717, 1.165) is 23.8 Å². The number of halogens is 2. The summed E-state index contributed by atoms with van der Waals surface area (Å²) in [4.78, 5) is 11.9. The maximum atomic E-state index is 13.4. The van der Waals surface area contributed by atoms with E-state index in [2.05, 4.69) is 5.32 Å². The highest BCUT2D eigenvalue weighted by atomic mass is 19.1. The molecule has 5 heteroatoms. The maximum Gasteiger partial charge on any atom is 0.251 e. The summed E-state index contributed by atoms with van der Waals surface area (Å²) in [6.45, 7) is 0.259. The van der Waals surface area contributed by atoms with Crippen LogP contribution in [0.1, 0.15) is 21.5 Å². The van der Waals surface area contributed by atoms with Crippen LogP contribution in [0.3, 0.4) is 0 Å².